The molecule has 1 N–H and O–H groups in total. The number of hydrazone groups is 1. The average molecular weight is 272 g/mol. The van der Waals surface area contributed by atoms with Gasteiger partial charge in [-0.3, -0.25) is 5.43 Å². The van der Waals surface area contributed by atoms with Gasteiger partial charge in [0.15, 0.2) is 0 Å². The Morgan fingerprint density at radius 1 is 1.20 bits per heavy atom. The highest BCUT2D eigenvalue weighted by Crippen LogP contribution is 2.18. The normalized spacial score (nSPS) is 10.7. The lowest BCUT2D eigenvalue weighted by molar-refractivity contribution is 0.315. The van der Waals surface area contributed by atoms with Gasteiger partial charge < -0.3 is 4.74 Å². The van der Waals surface area contributed by atoms with Crippen LogP contribution in [0.1, 0.15) is 18.9 Å². The van der Waals surface area contributed by atoms with Crippen molar-refractivity contribution in [2.45, 2.75) is 13.3 Å². The first-order valence-corrected chi connectivity index (χ1v) is 6.56. The van der Waals surface area contributed by atoms with Gasteiger partial charge in [0.25, 0.3) is 0 Å². The fourth-order valence-corrected chi connectivity index (χ4v) is 1.64. The fourth-order valence-electron chi connectivity index (χ4n) is 1.64. The van der Waals surface area contributed by atoms with Gasteiger partial charge in [-0.25, -0.2) is 4.39 Å². The van der Waals surface area contributed by atoms with Crippen molar-refractivity contribution in [3.63, 3.8) is 0 Å². The van der Waals surface area contributed by atoms with E-state index in [9.17, 15) is 4.39 Å². The van der Waals surface area contributed by atoms with Crippen molar-refractivity contribution in [1.82, 2.24) is 0 Å². The predicted molar refractivity (Wildman–Crippen MR) is 79.8 cm³/mol. The Morgan fingerprint density at radius 3 is 2.75 bits per heavy atom. The molecule has 20 heavy (non-hydrogen) atoms. The van der Waals surface area contributed by atoms with Crippen LogP contribution in [0, 0.1) is 5.82 Å². The van der Waals surface area contributed by atoms with E-state index in [0.29, 0.717) is 12.4 Å². The lowest BCUT2D eigenvalue weighted by atomic mass is 10.2. The number of hydrogen-bond acceptors (Lipinski definition) is 3. The van der Waals surface area contributed by atoms with E-state index < -0.39 is 0 Å². The van der Waals surface area contributed by atoms with Gasteiger partial charge in [-0.15, -0.1) is 0 Å². The summed E-state index contributed by atoms with van der Waals surface area (Å²) < 4.78 is 18.7. The highest BCUT2D eigenvalue weighted by molar-refractivity contribution is 5.84. The maximum atomic E-state index is 13.2. The first-order valence-electron chi connectivity index (χ1n) is 6.56. The highest BCUT2D eigenvalue weighted by atomic mass is 19.1. The number of para-hydroxylation sites is 1. The zero-order valence-electron chi connectivity index (χ0n) is 11.3. The van der Waals surface area contributed by atoms with Crippen molar-refractivity contribution >= 4 is 11.9 Å². The van der Waals surface area contributed by atoms with E-state index in [1.807, 2.05) is 37.3 Å². The van der Waals surface area contributed by atoms with Gasteiger partial charge in [-0.05, 0) is 30.7 Å². The number of benzene rings is 2. The zero-order valence-corrected chi connectivity index (χ0v) is 11.3. The molecule has 2 aromatic carbocycles. The number of nitrogens with one attached hydrogen (secondary N) is 1. The van der Waals surface area contributed by atoms with Crippen molar-refractivity contribution in [2.75, 3.05) is 12.0 Å². The van der Waals surface area contributed by atoms with Crippen LogP contribution in [0.25, 0.3) is 0 Å². The van der Waals surface area contributed by atoms with Gasteiger partial charge in [0, 0.05) is 11.6 Å². The van der Waals surface area contributed by atoms with E-state index in [4.69, 9.17) is 4.74 Å². The smallest absolute Gasteiger partial charge is 0.131 e. The molecule has 0 aliphatic carbocycles. The molecule has 0 fully saturated rings. The maximum Gasteiger partial charge on any atom is 0.131 e. The van der Waals surface area contributed by atoms with Crippen molar-refractivity contribution < 1.29 is 9.13 Å². The molecule has 3 nitrogen and oxygen atoms in total. The quantitative estimate of drug-likeness (QED) is 0.635. The predicted octanol–water partition coefficient (Wildman–Crippen LogP) is 4.06. The summed E-state index contributed by atoms with van der Waals surface area (Å²) in [5.41, 5.74) is 4.54. The van der Waals surface area contributed by atoms with Crippen molar-refractivity contribution in [3.05, 3.63) is 59.9 Å². The molecule has 0 saturated heterocycles. The molecule has 104 valence electrons. The lowest BCUT2D eigenvalue weighted by Gasteiger charge is -2.08. The number of hydrogen-bond donors (Lipinski definition) is 1. The van der Waals surface area contributed by atoms with Gasteiger partial charge in [-0.2, -0.15) is 5.10 Å². The molecule has 0 aliphatic heterocycles. The second-order valence-electron chi connectivity index (χ2n) is 4.27. The second-order valence-corrected chi connectivity index (χ2v) is 4.27. The first-order chi connectivity index (χ1) is 9.79. The maximum absolute atomic E-state index is 13.2. The van der Waals surface area contributed by atoms with E-state index in [1.165, 1.54) is 12.1 Å². The van der Waals surface area contributed by atoms with Crippen molar-refractivity contribution in [1.29, 1.82) is 0 Å². The lowest BCUT2D eigenvalue weighted by Crippen LogP contribution is -2.00. The monoisotopic (exact) mass is 272 g/mol. The molecule has 0 heterocycles. The van der Waals surface area contributed by atoms with Gasteiger partial charge in [0.05, 0.1) is 18.5 Å². The molecule has 0 spiro atoms. The second kappa shape index (κ2) is 7.28. The Bertz CT molecular complexity index is 570. The third kappa shape index (κ3) is 4.09. The summed E-state index contributed by atoms with van der Waals surface area (Å²) in [6, 6.07) is 14.0. The Kier molecular flexibility index (Phi) is 5.12. The molecule has 0 unspecified atom stereocenters. The van der Waals surface area contributed by atoms with Gasteiger partial charge >= 0.3 is 0 Å². The number of ether oxygens (including phenoxy) is 1. The van der Waals surface area contributed by atoms with E-state index in [0.717, 1.165) is 17.7 Å². The van der Waals surface area contributed by atoms with Crippen LogP contribution in [-0.4, -0.2) is 12.8 Å². The Balaban J connectivity index is 2.08. The minimum absolute atomic E-state index is 0.315. The first kappa shape index (κ1) is 14.1. The third-order valence-corrected chi connectivity index (χ3v) is 2.61. The molecular formula is C16H17FN2O. The summed E-state index contributed by atoms with van der Waals surface area (Å²) in [6.45, 7) is 2.56. The van der Waals surface area contributed by atoms with Crippen LogP contribution in [-0.2, 0) is 0 Å². The zero-order chi connectivity index (χ0) is 14.2. The van der Waals surface area contributed by atoms with Crippen LogP contribution in [0.4, 0.5) is 10.1 Å². The molecule has 2 rings (SSSR count). The van der Waals surface area contributed by atoms with Crippen LogP contribution < -0.4 is 10.2 Å². The van der Waals surface area contributed by atoms with Gasteiger partial charge in [0.2, 0.25) is 0 Å². The number of halogens is 1. The molecule has 4 heteroatoms. The molecule has 0 bridgehead atoms. The molecule has 0 saturated carbocycles. The molecule has 2 aromatic rings. The van der Waals surface area contributed by atoms with Crippen LogP contribution in [0.15, 0.2) is 53.6 Å². The molecular weight excluding hydrogens is 255 g/mol. The van der Waals surface area contributed by atoms with Gasteiger partial charge in [-0.1, -0.05) is 25.1 Å². The van der Waals surface area contributed by atoms with Crippen LogP contribution in [0.3, 0.4) is 0 Å². The van der Waals surface area contributed by atoms with E-state index in [-0.39, 0.29) is 5.82 Å². The minimum atomic E-state index is -0.315. The Hall–Kier alpha value is -2.36. The summed E-state index contributed by atoms with van der Waals surface area (Å²) >= 11 is 0. The van der Waals surface area contributed by atoms with Crippen molar-refractivity contribution in [2.24, 2.45) is 5.10 Å². The van der Waals surface area contributed by atoms with Gasteiger partial charge in [0.1, 0.15) is 11.6 Å². The largest absolute Gasteiger partial charge is 0.493 e. The average Bonchev–Trinajstić information content (AvgIpc) is 2.48. The summed E-state index contributed by atoms with van der Waals surface area (Å²) in [5.74, 6) is 0.190. The number of rotatable bonds is 6. The standard InChI is InChI=1S/C16H17FN2O/c1-2-10-20-16-11-14(17)9-8-13(16)12-18-19-15-6-4-3-5-7-15/h3-9,11-12,19H,2,10H2,1H3. The van der Waals surface area contributed by atoms with E-state index in [1.54, 1.807) is 12.3 Å². The molecule has 0 atom stereocenters. The Labute approximate surface area is 118 Å². The topological polar surface area (TPSA) is 33.6 Å². The number of anilines is 1. The molecule has 0 radical (unpaired) electrons. The molecule has 0 aliphatic rings. The SMILES string of the molecule is CCCOc1cc(F)ccc1C=NNc1ccccc1. The summed E-state index contributed by atoms with van der Waals surface area (Å²) in [6.07, 6.45) is 2.49. The highest BCUT2D eigenvalue weighted by Gasteiger charge is 2.03. The molecule has 0 amide bonds. The van der Waals surface area contributed by atoms with E-state index in [2.05, 4.69) is 10.5 Å². The summed E-state index contributed by atoms with van der Waals surface area (Å²) in [7, 11) is 0. The fraction of sp³-hybridized carbons (Fsp3) is 0.188. The number of nitrogens with zero attached hydrogens (tertiary/aromatic N) is 1. The van der Waals surface area contributed by atoms with Crippen molar-refractivity contribution in [3.8, 4) is 5.75 Å². The molecule has 0 aromatic heterocycles. The minimum Gasteiger partial charge on any atom is -0.493 e. The van der Waals surface area contributed by atoms with Crippen LogP contribution in [0.5, 0.6) is 5.75 Å². The van der Waals surface area contributed by atoms with E-state index >= 15 is 0 Å². The van der Waals surface area contributed by atoms with Crippen LogP contribution in [0.2, 0.25) is 0 Å². The van der Waals surface area contributed by atoms with Crippen LogP contribution >= 0.6 is 0 Å². The summed E-state index contributed by atoms with van der Waals surface area (Å²) in [4.78, 5) is 0. The third-order valence-electron chi connectivity index (χ3n) is 2.61. The Morgan fingerprint density at radius 2 is 2.00 bits per heavy atom. The summed E-state index contributed by atoms with van der Waals surface area (Å²) in [5, 5.41) is 4.13.